The van der Waals surface area contributed by atoms with E-state index >= 15 is 0 Å². The zero-order valence-electron chi connectivity index (χ0n) is 10.7. The number of fused-ring (bicyclic) bond motifs is 1. The molecule has 3 rings (SSSR count). The number of hydrogen-bond acceptors (Lipinski definition) is 2. The molecule has 0 bridgehead atoms. The van der Waals surface area contributed by atoms with Crippen molar-refractivity contribution in [2.24, 2.45) is 0 Å². The molecule has 18 heavy (non-hydrogen) atoms. The molecular weight excluding hydrogens is 224 g/mol. The second-order valence-electron chi connectivity index (χ2n) is 5.26. The Morgan fingerprint density at radius 1 is 1.11 bits per heavy atom. The zero-order chi connectivity index (χ0) is 12.4. The summed E-state index contributed by atoms with van der Waals surface area (Å²) in [6.07, 6.45) is 4.97. The van der Waals surface area contributed by atoms with Crippen LogP contribution in [0.5, 0.6) is 0 Å². The van der Waals surface area contributed by atoms with E-state index in [-0.39, 0.29) is 5.66 Å². The number of piperidine rings is 1. The summed E-state index contributed by atoms with van der Waals surface area (Å²) in [5, 5.41) is 3.65. The molecule has 2 aliphatic rings. The van der Waals surface area contributed by atoms with Crippen molar-refractivity contribution in [2.75, 3.05) is 13.1 Å². The van der Waals surface area contributed by atoms with Gasteiger partial charge in [0.15, 0.2) is 0 Å². The maximum Gasteiger partial charge on any atom is 0.224 e. The second-order valence-corrected chi connectivity index (χ2v) is 5.26. The average molecular weight is 244 g/mol. The van der Waals surface area contributed by atoms with Gasteiger partial charge < -0.3 is 4.90 Å². The van der Waals surface area contributed by atoms with Crippen LogP contribution in [0.2, 0.25) is 0 Å². The molecule has 0 spiro atoms. The molecule has 0 radical (unpaired) electrons. The van der Waals surface area contributed by atoms with Crippen LogP contribution in [0.3, 0.4) is 0 Å². The SMILES string of the molecule is O=C1CCC[C@@]2(c3ccccc3)NCCCCN12. The number of hydrogen-bond donors (Lipinski definition) is 1. The monoisotopic (exact) mass is 244 g/mol. The number of carbonyl (C=O) groups is 1. The van der Waals surface area contributed by atoms with E-state index < -0.39 is 0 Å². The minimum absolute atomic E-state index is 0.243. The van der Waals surface area contributed by atoms with Crippen LogP contribution in [0.4, 0.5) is 0 Å². The van der Waals surface area contributed by atoms with Crippen LogP contribution in [0.15, 0.2) is 30.3 Å². The molecule has 3 heteroatoms. The van der Waals surface area contributed by atoms with Gasteiger partial charge in [-0.1, -0.05) is 30.3 Å². The lowest BCUT2D eigenvalue weighted by molar-refractivity contribution is -0.144. The van der Waals surface area contributed by atoms with Crippen molar-refractivity contribution >= 4 is 5.91 Å². The van der Waals surface area contributed by atoms with E-state index in [4.69, 9.17) is 0 Å². The Morgan fingerprint density at radius 3 is 2.78 bits per heavy atom. The molecular formula is C15H20N2O. The Kier molecular flexibility index (Phi) is 3.08. The van der Waals surface area contributed by atoms with Gasteiger partial charge in [-0.05, 0) is 37.8 Å². The molecule has 2 saturated heterocycles. The lowest BCUT2D eigenvalue weighted by atomic mass is 9.87. The van der Waals surface area contributed by atoms with Crippen LogP contribution in [-0.4, -0.2) is 23.9 Å². The fourth-order valence-electron chi connectivity index (χ4n) is 3.28. The van der Waals surface area contributed by atoms with Gasteiger partial charge in [0.25, 0.3) is 0 Å². The van der Waals surface area contributed by atoms with Crippen molar-refractivity contribution in [1.82, 2.24) is 10.2 Å². The first-order valence-corrected chi connectivity index (χ1v) is 6.94. The van der Waals surface area contributed by atoms with Crippen molar-refractivity contribution in [2.45, 2.75) is 37.8 Å². The number of amides is 1. The summed E-state index contributed by atoms with van der Waals surface area (Å²) in [5.41, 5.74) is 0.993. The topological polar surface area (TPSA) is 32.3 Å². The minimum Gasteiger partial charge on any atom is -0.320 e. The van der Waals surface area contributed by atoms with Crippen LogP contribution in [0, 0.1) is 0 Å². The van der Waals surface area contributed by atoms with Crippen LogP contribution < -0.4 is 5.32 Å². The molecule has 96 valence electrons. The Bertz CT molecular complexity index is 431. The maximum atomic E-state index is 12.2. The van der Waals surface area contributed by atoms with Gasteiger partial charge in [-0.2, -0.15) is 0 Å². The summed E-state index contributed by atoms with van der Waals surface area (Å²) >= 11 is 0. The number of nitrogens with one attached hydrogen (secondary N) is 1. The van der Waals surface area contributed by atoms with E-state index in [0.29, 0.717) is 12.3 Å². The van der Waals surface area contributed by atoms with Gasteiger partial charge in [0.05, 0.1) is 0 Å². The molecule has 2 fully saturated rings. The largest absolute Gasteiger partial charge is 0.320 e. The second kappa shape index (κ2) is 4.73. The first-order chi connectivity index (χ1) is 8.83. The number of nitrogens with zero attached hydrogens (tertiary/aromatic N) is 1. The van der Waals surface area contributed by atoms with Crippen molar-refractivity contribution in [3.63, 3.8) is 0 Å². The average Bonchev–Trinajstić information content (AvgIpc) is 2.64. The molecule has 1 amide bonds. The van der Waals surface area contributed by atoms with E-state index in [2.05, 4.69) is 34.5 Å². The first kappa shape index (κ1) is 11.7. The van der Waals surface area contributed by atoms with Crippen LogP contribution in [0.1, 0.15) is 37.7 Å². The van der Waals surface area contributed by atoms with Crippen molar-refractivity contribution in [3.05, 3.63) is 35.9 Å². The Balaban J connectivity index is 2.04. The van der Waals surface area contributed by atoms with Crippen LogP contribution in [-0.2, 0) is 10.5 Å². The number of benzene rings is 1. The number of carbonyl (C=O) groups excluding carboxylic acids is 1. The highest BCUT2D eigenvalue weighted by molar-refractivity contribution is 5.78. The van der Waals surface area contributed by atoms with Gasteiger partial charge in [-0.25, -0.2) is 0 Å². The molecule has 2 aliphatic heterocycles. The van der Waals surface area contributed by atoms with E-state index in [9.17, 15) is 4.79 Å². The van der Waals surface area contributed by atoms with Crippen molar-refractivity contribution in [3.8, 4) is 0 Å². The summed E-state index contributed by atoms with van der Waals surface area (Å²) in [4.78, 5) is 14.3. The maximum absolute atomic E-state index is 12.2. The lowest BCUT2D eigenvalue weighted by Crippen LogP contribution is -2.59. The summed E-state index contributed by atoms with van der Waals surface area (Å²) in [7, 11) is 0. The number of rotatable bonds is 1. The highest BCUT2D eigenvalue weighted by Crippen LogP contribution is 2.37. The van der Waals surface area contributed by atoms with Gasteiger partial charge in [0, 0.05) is 13.0 Å². The van der Waals surface area contributed by atoms with Gasteiger partial charge in [-0.15, -0.1) is 0 Å². The van der Waals surface area contributed by atoms with E-state index in [1.165, 1.54) is 5.56 Å². The third-order valence-corrected chi connectivity index (χ3v) is 4.17. The van der Waals surface area contributed by atoms with Gasteiger partial charge in [0.2, 0.25) is 5.91 Å². The molecule has 2 heterocycles. The normalized spacial score (nSPS) is 28.7. The zero-order valence-corrected chi connectivity index (χ0v) is 10.7. The van der Waals surface area contributed by atoms with Gasteiger partial charge >= 0.3 is 0 Å². The lowest BCUT2D eigenvalue weighted by Gasteiger charge is -2.47. The van der Waals surface area contributed by atoms with Gasteiger partial charge in [0.1, 0.15) is 5.66 Å². The Morgan fingerprint density at radius 2 is 1.94 bits per heavy atom. The Hall–Kier alpha value is -1.35. The van der Waals surface area contributed by atoms with Crippen LogP contribution in [0.25, 0.3) is 0 Å². The standard InChI is InChI=1S/C15H20N2O/c18-14-9-6-10-15(13-7-2-1-3-8-13)16-11-4-5-12-17(14)15/h1-3,7-8,16H,4-6,9-12H2/t15-/m1/s1. The molecule has 1 aromatic rings. The minimum atomic E-state index is -0.243. The quantitative estimate of drug-likeness (QED) is 0.821. The smallest absolute Gasteiger partial charge is 0.224 e. The molecule has 3 nitrogen and oxygen atoms in total. The predicted molar refractivity (Wildman–Crippen MR) is 70.9 cm³/mol. The van der Waals surface area contributed by atoms with Gasteiger partial charge in [-0.3, -0.25) is 10.1 Å². The summed E-state index contributed by atoms with van der Waals surface area (Å²) in [6.45, 7) is 1.89. The van der Waals surface area contributed by atoms with E-state index in [0.717, 1.165) is 38.8 Å². The van der Waals surface area contributed by atoms with E-state index in [1.54, 1.807) is 0 Å². The molecule has 1 aromatic carbocycles. The molecule has 0 aromatic heterocycles. The molecule has 0 saturated carbocycles. The first-order valence-electron chi connectivity index (χ1n) is 6.94. The van der Waals surface area contributed by atoms with Crippen molar-refractivity contribution < 1.29 is 4.79 Å². The van der Waals surface area contributed by atoms with E-state index in [1.807, 2.05) is 6.07 Å². The highest BCUT2D eigenvalue weighted by atomic mass is 16.2. The summed E-state index contributed by atoms with van der Waals surface area (Å²) in [6, 6.07) is 10.4. The Labute approximate surface area is 108 Å². The molecule has 0 unspecified atom stereocenters. The third-order valence-electron chi connectivity index (χ3n) is 4.17. The van der Waals surface area contributed by atoms with Crippen LogP contribution >= 0.6 is 0 Å². The molecule has 0 aliphatic carbocycles. The predicted octanol–water partition coefficient (Wildman–Crippen LogP) is 2.24. The molecule has 1 atom stereocenters. The fourth-order valence-corrected chi connectivity index (χ4v) is 3.28. The molecule has 1 N–H and O–H groups in total. The highest BCUT2D eigenvalue weighted by Gasteiger charge is 2.43. The van der Waals surface area contributed by atoms with Crippen molar-refractivity contribution in [1.29, 1.82) is 0 Å². The summed E-state index contributed by atoms with van der Waals surface area (Å²) < 4.78 is 0. The fraction of sp³-hybridized carbons (Fsp3) is 0.533. The third kappa shape index (κ3) is 1.83. The summed E-state index contributed by atoms with van der Waals surface area (Å²) in [5.74, 6) is 0.305.